The molecular weight excluding hydrogens is 328 g/mol. The topological polar surface area (TPSA) is 64.7 Å². The summed E-state index contributed by atoms with van der Waals surface area (Å²) in [5.74, 6) is 0.0574. The van der Waals surface area contributed by atoms with Crippen LogP contribution in [0.3, 0.4) is 0 Å². The molecule has 1 atom stereocenters. The van der Waals surface area contributed by atoms with Gasteiger partial charge in [0, 0.05) is 43.5 Å². The third-order valence-electron chi connectivity index (χ3n) is 4.56. The van der Waals surface area contributed by atoms with E-state index >= 15 is 0 Å². The number of likely N-dealkylation sites (tertiary alicyclic amines) is 1. The van der Waals surface area contributed by atoms with Crippen LogP contribution in [0.4, 0.5) is 10.5 Å². The Kier molecular flexibility index (Phi) is 6.45. The second-order valence-corrected chi connectivity index (χ2v) is 6.14. The summed E-state index contributed by atoms with van der Waals surface area (Å²) in [6.07, 6.45) is 3.01. The summed E-state index contributed by atoms with van der Waals surface area (Å²) in [4.78, 5) is 28.5. The molecule has 0 spiro atoms. The highest BCUT2D eigenvalue weighted by Gasteiger charge is 2.29. The standard InChI is InChI=1S/C17H24N4O2.ClH/c1-18-12-15-7-3-9-20(15)16(22)13-5-2-6-14(11-13)21-10-4-8-19-17(21)23;/h2,5-6,11,15,18H,3-4,7-10,12H2,1H3,(H,19,23);1H. The molecular formula is C17H25ClN4O2. The van der Waals surface area contributed by atoms with E-state index in [1.54, 1.807) is 4.90 Å². The quantitative estimate of drug-likeness (QED) is 0.869. The number of urea groups is 1. The molecule has 1 unspecified atom stereocenters. The number of rotatable bonds is 4. The third kappa shape index (κ3) is 3.82. The fourth-order valence-corrected chi connectivity index (χ4v) is 3.40. The lowest BCUT2D eigenvalue weighted by Crippen LogP contribution is -2.46. The number of anilines is 1. The van der Waals surface area contributed by atoms with Crippen molar-refractivity contribution in [1.29, 1.82) is 0 Å². The Labute approximate surface area is 149 Å². The number of hydrogen-bond donors (Lipinski definition) is 2. The normalized spacial score (nSPS) is 20.5. The number of nitrogens with one attached hydrogen (secondary N) is 2. The van der Waals surface area contributed by atoms with E-state index in [1.165, 1.54) is 0 Å². The molecule has 2 aliphatic heterocycles. The van der Waals surface area contributed by atoms with Crippen LogP contribution in [0.25, 0.3) is 0 Å². The largest absolute Gasteiger partial charge is 0.338 e. The van der Waals surface area contributed by atoms with Crippen molar-refractivity contribution in [3.63, 3.8) is 0 Å². The zero-order valence-corrected chi connectivity index (χ0v) is 14.8. The van der Waals surface area contributed by atoms with E-state index < -0.39 is 0 Å². The summed E-state index contributed by atoms with van der Waals surface area (Å²) < 4.78 is 0. The van der Waals surface area contributed by atoms with Crippen LogP contribution in [-0.2, 0) is 0 Å². The molecule has 2 heterocycles. The number of hydrogen-bond acceptors (Lipinski definition) is 3. The minimum Gasteiger partial charge on any atom is -0.338 e. The van der Waals surface area contributed by atoms with E-state index in [0.717, 1.165) is 38.0 Å². The number of carbonyl (C=O) groups is 2. The molecule has 3 rings (SSSR count). The van der Waals surface area contributed by atoms with Crippen LogP contribution in [0.5, 0.6) is 0 Å². The number of halogens is 1. The fourth-order valence-electron chi connectivity index (χ4n) is 3.40. The van der Waals surface area contributed by atoms with Gasteiger partial charge in [0.2, 0.25) is 0 Å². The lowest BCUT2D eigenvalue weighted by atomic mass is 10.1. The maximum absolute atomic E-state index is 12.8. The van der Waals surface area contributed by atoms with Gasteiger partial charge < -0.3 is 15.5 Å². The van der Waals surface area contributed by atoms with Crippen LogP contribution in [0.1, 0.15) is 29.6 Å². The number of benzene rings is 1. The van der Waals surface area contributed by atoms with Crippen LogP contribution >= 0.6 is 12.4 Å². The first-order valence-corrected chi connectivity index (χ1v) is 8.31. The summed E-state index contributed by atoms with van der Waals surface area (Å²) in [6.45, 7) is 3.03. The second kappa shape index (κ2) is 8.35. The number of nitrogens with zero attached hydrogens (tertiary/aromatic N) is 2. The van der Waals surface area contributed by atoms with Gasteiger partial charge in [-0.15, -0.1) is 12.4 Å². The van der Waals surface area contributed by atoms with Crippen LogP contribution in [-0.4, -0.2) is 56.1 Å². The molecule has 24 heavy (non-hydrogen) atoms. The van der Waals surface area contributed by atoms with Gasteiger partial charge in [0.1, 0.15) is 0 Å². The van der Waals surface area contributed by atoms with Crippen molar-refractivity contribution in [2.45, 2.75) is 25.3 Å². The zero-order chi connectivity index (χ0) is 16.2. The Morgan fingerprint density at radius 2 is 2.17 bits per heavy atom. The summed E-state index contributed by atoms with van der Waals surface area (Å²) in [5, 5.41) is 6.00. The average molecular weight is 353 g/mol. The average Bonchev–Trinajstić information content (AvgIpc) is 3.03. The number of amides is 3. The first-order valence-electron chi connectivity index (χ1n) is 8.31. The molecule has 0 bridgehead atoms. The molecule has 2 saturated heterocycles. The lowest BCUT2D eigenvalue weighted by molar-refractivity contribution is 0.0737. The van der Waals surface area contributed by atoms with E-state index in [0.29, 0.717) is 18.7 Å². The third-order valence-corrected chi connectivity index (χ3v) is 4.56. The van der Waals surface area contributed by atoms with Gasteiger partial charge in [-0.2, -0.15) is 0 Å². The van der Waals surface area contributed by atoms with Crippen molar-refractivity contribution < 1.29 is 9.59 Å². The van der Waals surface area contributed by atoms with Crippen LogP contribution in [0, 0.1) is 0 Å². The van der Waals surface area contributed by atoms with Crippen molar-refractivity contribution in [2.75, 3.05) is 38.1 Å². The molecule has 3 amide bonds. The van der Waals surface area contributed by atoms with E-state index in [-0.39, 0.29) is 30.4 Å². The summed E-state index contributed by atoms with van der Waals surface area (Å²) in [6, 6.07) is 7.58. The molecule has 2 N–H and O–H groups in total. The van der Waals surface area contributed by atoms with Crippen LogP contribution in [0.15, 0.2) is 24.3 Å². The van der Waals surface area contributed by atoms with E-state index in [2.05, 4.69) is 10.6 Å². The molecule has 2 fully saturated rings. The Morgan fingerprint density at radius 3 is 2.92 bits per heavy atom. The van der Waals surface area contributed by atoms with Crippen molar-refractivity contribution in [2.24, 2.45) is 0 Å². The fraction of sp³-hybridized carbons (Fsp3) is 0.529. The van der Waals surface area contributed by atoms with E-state index in [9.17, 15) is 9.59 Å². The van der Waals surface area contributed by atoms with Gasteiger partial charge in [0.25, 0.3) is 5.91 Å². The van der Waals surface area contributed by atoms with E-state index in [1.807, 2.05) is 36.2 Å². The van der Waals surface area contributed by atoms with Gasteiger partial charge in [-0.1, -0.05) is 6.07 Å². The molecule has 0 aromatic heterocycles. The van der Waals surface area contributed by atoms with Crippen molar-refractivity contribution >= 4 is 30.0 Å². The second-order valence-electron chi connectivity index (χ2n) is 6.14. The molecule has 132 valence electrons. The SMILES string of the molecule is CNCC1CCCN1C(=O)c1cccc(N2CCCNC2=O)c1.Cl. The predicted molar refractivity (Wildman–Crippen MR) is 97.0 cm³/mol. The summed E-state index contributed by atoms with van der Waals surface area (Å²) in [7, 11) is 1.91. The van der Waals surface area contributed by atoms with Gasteiger partial charge in [-0.3, -0.25) is 9.69 Å². The van der Waals surface area contributed by atoms with Crippen LogP contribution in [0.2, 0.25) is 0 Å². The summed E-state index contributed by atoms with van der Waals surface area (Å²) >= 11 is 0. The monoisotopic (exact) mass is 352 g/mol. The Morgan fingerprint density at radius 1 is 1.33 bits per heavy atom. The van der Waals surface area contributed by atoms with Crippen molar-refractivity contribution in [3.8, 4) is 0 Å². The maximum Gasteiger partial charge on any atom is 0.321 e. The smallest absolute Gasteiger partial charge is 0.321 e. The van der Waals surface area contributed by atoms with Crippen molar-refractivity contribution in [3.05, 3.63) is 29.8 Å². The molecule has 0 aliphatic carbocycles. The van der Waals surface area contributed by atoms with Crippen LogP contribution < -0.4 is 15.5 Å². The van der Waals surface area contributed by atoms with E-state index in [4.69, 9.17) is 0 Å². The van der Waals surface area contributed by atoms with Crippen molar-refractivity contribution in [1.82, 2.24) is 15.5 Å². The Balaban J connectivity index is 0.00000208. The van der Waals surface area contributed by atoms with Gasteiger partial charge in [-0.05, 0) is 44.5 Å². The lowest BCUT2D eigenvalue weighted by Gasteiger charge is -2.28. The zero-order valence-electron chi connectivity index (χ0n) is 14.0. The molecule has 1 aromatic carbocycles. The number of carbonyl (C=O) groups excluding carboxylic acids is 2. The highest BCUT2D eigenvalue weighted by atomic mass is 35.5. The molecule has 7 heteroatoms. The highest BCUT2D eigenvalue weighted by molar-refractivity contribution is 5.98. The first-order chi connectivity index (χ1) is 11.2. The molecule has 1 aromatic rings. The van der Waals surface area contributed by atoms with Gasteiger partial charge >= 0.3 is 6.03 Å². The Hall–Kier alpha value is -1.79. The minimum atomic E-state index is -0.0879. The highest BCUT2D eigenvalue weighted by Crippen LogP contribution is 2.23. The molecule has 6 nitrogen and oxygen atoms in total. The van der Waals surface area contributed by atoms with Gasteiger partial charge in [0.15, 0.2) is 0 Å². The molecule has 0 radical (unpaired) electrons. The minimum absolute atomic E-state index is 0. The van der Waals surface area contributed by atoms with Gasteiger partial charge in [-0.25, -0.2) is 4.79 Å². The molecule has 0 saturated carbocycles. The first kappa shape index (κ1) is 18.5. The predicted octanol–water partition coefficient (Wildman–Crippen LogP) is 1.85. The maximum atomic E-state index is 12.8. The number of likely N-dealkylation sites (N-methyl/N-ethyl adjacent to an activating group) is 1. The summed E-state index contributed by atoms with van der Waals surface area (Å²) in [5.41, 5.74) is 1.45. The Bertz CT molecular complexity index is 596. The van der Waals surface area contributed by atoms with Gasteiger partial charge in [0.05, 0.1) is 0 Å². The molecule has 2 aliphatic rings.